The van der Waals surface area contributed by atoms with Crippen molar-refractivity contribution in [2.75, 3.05) is 5.43 Å². The van der Waals surface area contributed by atoms with Gasteiger partial charge in [-0.1, -0.05) is 0 Å². The van der Waals surface area contributed by atoms with Crippen LogP contribution in [0.5, 0.6) is 0 Å². The number of carbonyl (C=O) groups is 1. The lowest BCUT2D eigenvalue weighted by Crippen LogP contribution is -1.98. The number of rotatable bonds is 8. The summed E-state index contributed by atoms with van der Waals surface area (Å²) < 4.78 is 0. The normalized spacial score (nSPS) is 10.4. The van der Waals surface area contributed by atoms with E-state index >= 15 is 0 Å². The third kappa shape index (κ3) is 4.44. The van der Waals surface area contributed by atoms with Gasteiger partial charge >= 0.3 is 5.69 Å². The van der Waals surface area contributed by atoms with E-state index in [1.165, 1.54) is 12.3 Å². The quantitative estimate of drug-likeness (QED) is 0.256. The molecule has 0 heterocycles. The third-order valence-electron chi connectivity index (χ3n) is 2.32. The zero-order valence-electron chi connectivity index (χ0n) is 10.4. The van der Waals surface area contributed by atoms with Gasteiger partial charge < -0.3 is 4.79 Å². The first kappa shape index (κ1) is 15.2. The van der Waals surface area contributed by atoms with Crippen molar-refractivity contribution in [3.8, 4) is 0 Å². The summed E-state index contributed by atoms with van der Waals surface area (Å²) >= 11 is 0. The summed E-state index contributed by atoms with van der Waals surface area (Å²) in [5, 5.41) is 25.1. The molecule has 1 N–H and O–H groups in total. The van der Waals surface area contributed by atoms with Gasteiger partial charge in [0.25, 0.3) is 5.69 Å². The molecule has 0 radical (unpaired) electrons. The van der Waals surface area contributed by atoms with Crippen LogP contribution in [0.1, 0.15) is 19.3 Å². The maximum Gasteiger partial charge on any atom is 0.301 e. The highest BCUT2D eigenvalue weighted by atomic mass is 16.6. The second kappa shape index (κ2) is 7.56. The summed E-state index contributed by atoms with van der Waals surface area (Å²) in [6.45, 7) is 0. The number of hydrazone groups is 1. The van der Waals surface area contributed by atoms with Crippen molar-refractivity contribution in [3.05, 3.63) is 38.4 Å². The van der Waals surface area contributed by atoms with Gasteiger partial charge in [0.05, 0.1) is 15.9 Å². The molecule has 0 aliphatic carbocycles. The Kier molecular flexibility index (Phi) is 5.75. The first-order chi connectivity index (χ1) is 9.56. The van der Waals surface area contributed by atoms with Gasteiger partial charge in [0.2, 0.25) is 0 Å². The van der Waals surface area contributed by atoms with Gasteiger partial charge in [-0.15, -0.1) is 0 Å². The highest BCUT2D eigenvalue weighted by Crippen LogP contribution is 2.28. The third-order valence-corrected chi connectivity index (χ3v) is 2.32. The molecular formula is C11H12N4O5. The number of nitrogens with one attached hydrogen (secondary N) is 1. The van der Waals surface area contributed by atoms with E-state index in [1.54, 1.807) is 0 Å². The van der Waals surface area contributed by atoms with Crippen molar-refractivity contribution >= 4 is 29.6 Å². The van der Waals surface area contributed by atoms with Crippen LogP contribution in [0.25, 0.3) is 0 Å². The van der Waals surface area contributed by atoms with Crippen molar-refractivity contribution < 1.29 is 14.6 Å². The molecule has 0 saturated carbocycles. The van der Waals surface area contributed by atoms with Crippen LogP contribution in [0.4, 0.5) is 17.1 Å². The summed E-state index contributed by atoms with van der Waals surface area (Å²) in [6, 6.07) is 3.24. The second-order valence-electron chi connectivity index (χ2n) is 3.74. The number of carbonyl (C=O) groups excluding carboxylic acids is 1. The molecule has 0 bridgehead atoms. The molecule has 0 spiro atoms. The van der Waals surface area contributed by atoms with Crippen LogP contribution in [0.2, 0.25) is 0 Å². The Bertz CT molecular complexity index is 544. The number of nitro benzene ring substituents is 2. The largest absolute Gasteiger partial charge is 0.303 e. The van der Waals surface area contributed by atoms with E-state index < -0.39 is 15.5 Å². The van der Waals surface area contributed by atoms with Crippen molar-refractivity contribution in [2.45, 2.75) is 19.3 Å². The fourth-order valence-electron chi connectivity index (χ4n) is 1.35. The first-order valence-corrected chi connectivity index (χ1v) is 5.70. The number of aldehydes is 1. The Morgan fingerprint density at radius 1 is 1.20 bits per heavy atom. The van der Waals surface area contributed by atoms with Gasteiger partial charge in [0.1, 0.15) is 12.0 Å². The summed E-state index contributed by atoms with van der Waals surface area (Å²) in [7, 11) is 0. The first-order valence-electron chi connectivity index (χ1n) is 5.70. The molecule has 20 heavy (non-hydrogen) atoms. The average Bonchev–Trinajstić information content (AvgIpc) is 2.42. The van der Waals surface area contributed by atoms with E-state index in [0.717, 1.165) is 18.4 Å². The van der Waals surface area contributed by atoms with Crippen molar-refractivity contribution in [1.29, 1.82) is 0 Å². The van der Waals surface area contributed by atoms with Crippen molar-refractivity contribution in [1.82, 2.24) is 0 Å². The van der Waals surface area contributed by atoms with Crippen LogP contribution in [-0.4, -0.2) is 22.3 Å². The van der Waals surface area contributed by atoms with Gasteiger partial charge in [0, 0.05) is 18.7 Å². The lowest BCUT2D eigenvalue weighted by atomic mass is 10.2. The molecule has 0 fully saturated rings. The fraction of sp³-hybridized carbons (Fsp3) is 0.273. The Hall–Kier alpha value is -2.84. The zero-order valence-corrected chi connectivity index (χ0v) is 10.4. The number of nitro groups is 2. The molecule has 0 saturated heterocycles. The fourth-order valence-corrected chi connectivity index (χ4v) is 1.35. The van der Waals surface area contributed by atoms with Crippen LogP contribution >= 0.6 is 0 Å². The number of non-ortho nitro benzene ring substituents is 1. The minimum atomic E-state index is -0.725. The van der Waals surface area contributed by atoms with Gasteiger partial charge in [-0.2, -0.15) is 5.10 Å². The van der Waals surface area contributed by atoms with Crippen molar-refractivity contribution in [2.24, 2.45) is 5.10 Å². The molecule has 9 heteroatoms. The molecule has 0 unspecified atom stereocenters. The zero-order chi connectivity index (χ0) is 15.0. The van der Waals surface area contributed by atoms with Gasteiger partial charge in [0.15, 0.2) is 0 Å². The standard InChI is InChI=1S/C11H12N4O5/c16-7-3-1-2-6-12-13-10-5-4-9(14(17)18)8-11(10)15(19)20/h4-8,13H,1-3H2. The van der Waals surface area contributed by atoms with Crippen LogP contribution in [0.3, 0.4) is 0 Å². The summed E-state index contributed by atoms with van der Waals surface area (Å²) in [5.74, 6) is 0. The number of anilines is 1. The molecule has 1 rings (SSSR count). The van der Waals surface area contributed by atoms with Crippen LogP contribution in [0.15, 0.2) is 23.3 Å². The number of hydrogen-bond acceptors (Lipinski definition) is 7. The number of benzene rings is 1. The topological polar surface area (TPSA) is 128 Å². The number of unbranched alkanes of at least 4 members (excludes halogenated alkanes) is 2. The van der Waals surface area contributed by atoms with E-state index in [9.17, 15) is 25.0 Å². The van der Waals surface area contributed by atoms with Crippen LogP contribution in [0, 0.1) is 20.2 Å². The lowest BCUT2D eigenvalue weighted by Gasteiger charge is -2.01. The highest BCUT2D eigenvalue weighted by molar-refractivity contribution is 5.67. The van der Waals surface area contributed by atoms with Crippen LogP contribution < -0.4 is 5.43 Å². The summed E-state index contributed by atoms with van der Waals surface area (Å²) in [5.41, 5.74) is 1.73. The highest BCUT2D eigenvalue weighted by Gasteiger charge is 2.18. The van der Waals surface area contributed by atoms with Gasteiger partial charge in [-0.05, 0) is 18.9 Å². The van der Waals surface area contributed by atoms with Gasteiger partial charge in [-0.3, -0.25) is 25.7 Å². The predicted molar refractivity (Wildman–Crippen MR) is 71.8 cm³/mol. The van der Waals surface area contributed by atoms with E-state index in [-0.39, 0.29) is 11.4 Å². The molecule has 0 aliphatic heterocycles. The maximum atomic E-state index is 10.8. The Labute approximate surface area is 113 Å². The SMILES string of the molecule is O=CCCCC=NNc1ccc([N+](=O)[O-])cc1[N+](=O)[O-]. The smallest absolute Gasteiger partial charge is 0.301 e. The minimum Gasteiger partial charge on any atom is -0.303 e. The molecular weight excluding hydrogens is 268 g/mol. The van der Waals surface area contributed by atoms with Crippen LogP contribution in [-0.2, 0) is 4.79 Å². The van der Waals surface area contributed by atoms with E-state index in [4.69, 9.17) is 0 Å². The molecule has 0 amide bonds. The van der Waals surface area contributed by atoms with E-state index in [1.807, 2.05) is 0 Å². The van der Waals surface area contributed by atoms with Gasteiger partial charge in [-0.25, -0.2) is 0 Å². The molecule has 1 aromatic rings. The molecule has 9 nitrogen and oxygen atoms in total. The second-order valence-corrected chi connectivity index (χ2v) is 3.74. The number of nitrogens with zero attached hydrogens (tertiary/aromatic N) is 3. The molecule has 1 aromatic carbocycles. The number of hydrogen-bond donors (Lipinski definition) is 1. The lowest BCUT2D eigenvalue weighted by molar-refractivity contribution is -0.393. The molecule has 0 atom stereocenters. The monoisotopic (exact) mass is 280 g/mol. The van der Waals surface area contributed by atoms with E-state index in [2.05, 4.69) is 10.5 Å². The average molecular weight is 280 g/mol. The van der Waals surface area contributed by atoms with E-state index in [0.29, 0.717) is 19.3 Å². The summed E-state index contributed by atoms with van der Waals surface area (Å²) in [6.07, 6.45) is 3.88. The molecule has 0 aliphatic rings. The molecule has 0 aromatic heterocycles. The summed E-state index contributed by atoms with van der Waals surface area (Å²) in [4.78, 5) is 30.0. The predicted octanol–water partition coefficient (Wildman–Crippen LogP) is 2.27. The maximum absolute atomic E-state index is 10.8. The Morgan fingerprint density at radius 3 is 2.55 bits per heavy atom. The Morgan fingerprint density at radius 2 is 1.95 bits per heavy atom. The minimum absolute atomic E-state index is 0.0623. The van der Waals surface area contributed by atoms with Crippen molar-refractivity contribution in [3.63, 3.8) is 0 Å². The molecule has 106 valence electrons. The Balaban J connectivity index is 2.76.